The highest BCUT2D eigenvalue weighted by Gasteiger charge is 2.11. The maximum atomic E-state index is 5.34. The molecule has 98 valence electrons. The quantitative estimate of drug-likeness (QED) is 0.907. The number of thioether (sulfide) groups is 1. The van der Waals surface area contributed by atoms with Crippen LogP contribution < -0.4 is 10.1 Å². The summed E-state index contributed by atoms with van der Waals surface area (Å²) in [7, 11) is 1.72. The van der Waals surface area contributed by atoms with Crippen molar-refractivity contribution in [2.24, 2.45) is 10.9 Å². The Morgan fingerprint density at radius 3 is 3.00 bits per heavy atom. The smallest absolute Gasteiger partial charge is 0.156 e. The van der Waals surface area contributed by atoms with Gasteiger partial charge in [-0.3, -0.25) is 4.99 Å². The van der Waals surface area contributed by atoms with E-state index in [0.717, 1.165) is 30.4 Å². The molecular formula is C14H20N2OS. The van der Waals surface area contributed by atoms with Gasteiger partial charge in [0, 0.05) is 18.8 Å². The number of para-hydroxylation sites is 1. The zero-order valence-electron chi connectivity index (χ0n) is 11.0. The van der Waals surface area contributed by atoms with Gasteiger partial charge in [-0.15, -0.1) is 0 Å². The molecule has 3 nitrogen and oxygen atoms in total. The van der Waals surface area contributed by atoms with Crippen molar-refractivity contribution in [1.82, 2.24) is 5.32 Å². The van der Waals surface area contributed by atoms with Crippen LogP contribution in [0.1, 0.15) is 12.5 Å². The molecule has 0 saturated carbocycles. The topological polar surface area (TPSA) is 33.6 Å². The Hall–Kier alpha value is -1.16. The summed E-state index contributed by atoms with van der Waals surface area (Å²) in [5, 5.41) is 4.49. The lowest BCUT2D eigenvalue weighted by Gasteiger charge is -2.18. The van der Waals surface area contributed by atoms with Crippen molar-refractivity contribution in [3.63, 3.8) is 0 Å². The van der Waals surface area contributed by atoms with E-state index in [4.69, 9.17) is 4.74 Å². The lowest BCUT2D eigenvalue weighted by molar-refractivity contribution is 0.409. The molecule has 0 amide bonds. The number of methoxy groups -OCH3 is 1. The van der Waals surface area contributed by atoms with Crippen molar-refractivity contribution in [3.05, 3.63) is 29.8 Å². The van der Waals surface area contributed by atoms with E-state index < -0.39 is 0 Å². The first kappa shape index (κ1) is 13.3. The van der Waals surface area contributed by atoms with Crippen molar-refractivity contribution in [2.45, 2.75) is 13.3 Å². The molecule has 1 aliphatic heterocycles. The van der Waals surface area contributed by atoms with Crippen LogP contribution in [0.3, 0.4) is 0 Å². The van der Waals surface area contributed by atoms with E-state index >= 15 is 0 Å². The Kier molecular flexibility index (Phi) is 4.93. The third-order valence-electron chi connectivity index (χ3n) is 2.91. The second kappa shape index (κ2) is 6.69. The fourth-order valence-corrected chi connectivity index (χ4v) is 2.80. The molecule has 0 fully saturated rings. The predicted molar refractivity (Wildman–Crippen MR) is 78.6 cm³/mol. The van der Waals surface area contributed by atoms with Crippen LogP contribution in [0.2, 0.25) is 0 Å². The molecule has 1 aromatic rings. The minimum absolute atomic E-state index is 0.703. The molecule has 0 radical (unpaired) electrons. The maximum Gasteiger partial charge on any atom is 0.156 e. The molecule has 1 atom stereocenters. The van der Waals surface area contributed by atoms with E-state index in [0.29, 0.717) is 5.92 Å². The minimum Gasteiger partial charge on any atom is -0.496 e. The largest absolute Gasteiger partial charge is 0.496 e. The van der Waals surface area contributed by atoms with Crippen molar-refractivity contribution in [1.29, 1.82) is 0 Å². The first-order valence-corrected chi connectivity index (χ1v) is 7.31. The maximum absolute atomic E-state index is 5.34. The number of rotatable bonds is 4. The van der Waals surface area contributed by atoms with Gasteiger partial charge >= 0.3 is 0 Å². The van der Waals surface area contributed by atoms with Crippen molar-refractivity contribution >= 4 is 16.9 Å². The van der Waals surface area contributed by atoms with Crippen molar-refractivity contribution in [3.8, 4) is 5.75 Å². The van der Waals surface area contributed by atoms with Crippen LogP contribution in [0, 0.1) is 5.92 Å². The molecule has 0 aromatic heterocycles. The molecule has 2 rings (SSSR count). The number of nitrogens with one attached hydrogen (secondary N) is 1. The molecule has 18 heavy (non-hydrogen) atoms. The molecule has 0 bridgehead atoms. The molecule has 0 aliphatic carbocycles. The van der Waals surface area contributed by atoms with Gasteiger partial charge in [0.15, 0.2) is 5.17 Å². The van der Waals surface area contributed by atoms with E-state index in [2.05, 4.69) is 23.3 Å². The third kappa shape index (κ3) is 3.67. The summed E-state index contributed by atoms with van der Waals surface area (Å²) in [6, 6.07) is 8.16. The SMILES string of the molecule is COc1ccccc1CCNC1=NCC(C)CS1. The predicted octanol–water partition coefficient (Wildman–Crippen LogP) is 2.57. The van der Waals surface area contributed by atoms with Gasteiger partial charge in [0.2, 0.25) is 0 Å². The van der Waals surface area contributed by atoms with Crippen LogP contribution in [0.5, 0.6) is 5.75 Å². The Morgan fingerprint density at radius 1 is 1.44 bits per heavy atom. The van der Waals surface area contributed by atoms with E-state index in [9.17, 15) is 0 Å². The second-order valence-corrected chi connectivity index (χ2v) is 5.56. The average Bonchev–Trinajstić information content (AvgIpc) is 2.41. The number of amidine groups is 1. The highest BCUT2D eigenvalue weighted by atomic mass is 32.2. The summed E-state index contributed by atoms with van der Waals surface area (Å²) >= 11 is 1.82. The monoisotopic (exact) mass is 264 g/mol. The molecule has 1 unspecified atom stereocenters. The summed E-state index contributed by atoms with van der Waals surface area (Å²) < 4.78 is 5.34. The zero-order chi connectivity index (χ0) is 12.8. The first-order valence-electron chi connectivity index (χ1n) is 6.32. The molecular weight excluding hydrogens is 244 g/mol. The first-order chi connectivity index (χ1) is 8.79. The van der Waals surface area contributed by atoms with E-state index in [-0.39, 0.29) is 0 Å². The van der Waals surface area contributed by atoms with Crippen LogP contribution in [0.4, 0.5) is 0 Å². The Bertz CT molecular complexity index is 420. The van der Waals surface area contributed by atoms with Crippen LogP contribution in [0.25, 0.3) is 0 Å². The minimum atomic E-state index is 0.703. The van der Waals surface area contributed by atoms with Gasteiger partial charge in [0.25, 0.3) is 0 Å². The Labute approximate surface area is 113 Å². The van der Waals surface area contributed by atoms with Gasteiger partial charge in [-0.25, -0.2) is 0 Å². The molecule has 1 aromatic carbocycles. The summed E-state index contributed by atoms with van der Waals surface area (Å²) in [5.74, 6) is 2.83. The lowest BCUT2D eigenvalue weighted by Crippen LogP contribution is -2.27. The molecule has 1 N–H and O–H groups in total. The Balaban J connectivity index is 1.81. The second-order valence-electron chi connectivity index (χ2n) is 4.55. The van der Waals surface area contributed by atoms with Gasteiger partial charge in [0.05, 0.1) is 7.11 Å². The van der Waals surface area contributed by atoms with E-state index in [1.54, 1.807) is 7.11 Å². The van der Waals surface area contributed by atoms with Gasteiger partial charge in [-0.05, 0) is 24.0 Å². The molecule has 0 spiro atoms. The average molecular weight is 264 g/mol. The van der Waals surface area contributed by atoms with Gasteiger partial charge in [-0.1, -0.05) is 36.9 Å². The Morgan fingerprint density at radius 2 is 2.28 bits per heavy atom. The van der Waals surface area contributed by atoms with Crippen LogP contribution in [-0.4, -0.2) is 31.1 Å². The van der Waals surface area contributed by atoms with Gasteiger partial charge < -0.3 is 10.1 Å². The lowest BCUT2D eigenvalue weighted by atomic mass is 10.1. The molecule has 0 saturated heterocycles. The van der Waals surface area contributed by atoms with Crippen LogP contribution >= 0.6 is 11.8 Å². The normalized spacial score (nSPS) is 19.2. The van der Waals surface area contributed by atoms with Crippen LogP contribution in [-0.2, 0) is 6.42 Å². The van der Waals surface area contributed by atoms with Crippen molar-refractivity contribution in [2.75, 3.05) is 26.0 Å². The fourth-order valence-electron chi connectivity index (χ4n) is 1.88. The number of ether oxygens (including phenoxy) is 1. The number of hydrogen-bond donors (Lipinski definition) is 1. The standard InChI is InChI=1S/C14H20N2OS/c1-11-9-16-14(18-10-11)15-8-7-12-5-3-4-6-13(12)17-2/h3-6,11H,7-10H2,1-2H3,(H,15,16). The number of nitrogens with zero attached hydrogens (tertiary/aromatic N) is 1. The summed E-state index contributed by atoms with van der Waals surface area (Å²) in [5.41, 5.74) is 1.24. The van der Waals surface area contributed by atoms with Crippen LogP contribution in [0.15, 0.2) is 29.3 Å². The molecule has 1 aliphatic rings. The molecule has 1 heterocycles. The van der Waals surface area contributed by atoms with E-state index in [1.807, 2.05) is 30.0 Å². The summed E-state index contributed by atoms with van der Waals surface area (Å²) in [4.78, 5) is 4.52. The summed E-state index contributed by atoms with van der Waals surface area (Å²) in [6.45, 7) is 4.09. The number of benzene rings is 1. The fraction of sp³-hybridized carbons (Fsp3) is 0.500. The molecule has 4 heteroatoms. The highest BCUT2D eigenvalue weighted by Crippen LogP contribution is 2.18. The number of hydrogen-bond acceptors (Lipinski definition) is 4. The highest BCUT2D eigenvalue weighted by molar-refractivity contribution is 8.13. The summed E-state index contributed by atoms with van der Waals surface area (Å²) in [6.07, 6.45) is 0.957. The zero-order valence-corrected chi connectivity index (χ0v) is 11.8. The number of aliphatic imine (C=N–C) groups is 1. The van der Waals surface area contributed by atoms with E-state index in [1.165, 1.54) is 11.3 Å². The van der Waals surface area contributed by atoms with Gasteiger partial charge in [-0.2, -0.15) is 0 Å². The van der Waals surface area contributed by atoms with Gasteiger partial charge in [0.1, 0.15) is 5.75 Å². The van der Waals surface area contributed by atoms with Crippen molar-refractivity contribution < 1.29 is 4.74 Å². The third-order valence-corrected chi connectivity index (χ3v) is 4.20.